The second kappa shape index (κ2) is 51.0. The minimum Gasteiger partial charge on any atom is -0.466 e. The van der Waals surface area contributed by atoms with E-state index in [1.54, 1.807) is 0 Å². The molecule has 0 rings (SSSR count). The lowest BCUT2D eigenvalue weighted by molar-refractivity contribution is -0.143. The molecule has 1 amide bonds. The molecule has 3 N–H and O–H groups in total. The van der Waals surface area contributed by atoms with Gasteiger partial charge in [0.2, 0.25) is 5.91 Å². The maximum Gasteiger partial charge on any atom is 0.305 e. The third-order valence-corrected chi connectivity index (χ3v) is 12.5. The number of amides is 1. The molecule has 2 atom stereocenters. The summed E-state index contributed by atoms with van der Waals surface area (Å²) in [5, 5.41) is 23.1. The number of rotatable bonds is 50. The highest BCUT2D eigenvalue weighted by Crippen LogP contribution is 2.17. The Morgan fingerprint density at radius 2 is 0.852 bits per heavy atom. The predicted octanol–water partition coefficient (Wildman–Crippen LogP) is 16.3. The molecule has 2 unspecified atom stereocenters. The average Bonchev–Trinajstić information content (AvgIpc) is 3.26. The van der Waals surface area contributed by atoms with E-state index in [1.165, 1.54) is 205 Å². The van der Waals surface area contributed by atoms with E-state index < -0.39 is 12.1 Å². The fraction of sp³-hybridized carbons (Fsp3) is 0.891. The van der Waals surface area contributed by atoms with Gasteiger partial charge >= 0.3 is 5.97 Å². The van der Waals surface area contributed by atoms with Crippen molar-refractivity contribution in [1.82, 2.24) is 5.32 Å². The van der Waals surface area contributed by atoms with Gasteiger partial charge in [-0.25, -0.2) is 0 Å². The van der Waals surface area contributed by atoms with Crippen LogP contribution in [0.2, 0.25) is 0 Å². The maximum absolute atomic E-state index is 12.4. The van der Waals surface area contributed by atoms with E-state index in [1.807, 2.05) is 0 Å². The van der Waals surface area contributed by atoms with Crippen molar-refractivity contribution in [2.75, 3.05) is 13.2 Å². The first kappa shape index (κ1) is 59.3. The van der Waals surface area contributed by atoms with E-state index in [2.05, 4.69) is 43.5 Å². The Kier molecular flexibility index (Phi) is 49.6. The van der Waals surface area contributed by atoms with Gasteiger partial charge in [0.15, 0.2) is 0 Å². The Morgan fingerprint density at radius 3 is 1.31 bits per heavy atom. The molecule has 0 saturated heterocycles. The lowest BCUT2D eigenvalue weighted by Gasteiger charge is -2.22. The van der Waals surface area contributed by atoms with Gasteiger partial charge in [-0.1, -0.05) is 250 Å². The Hall–Kier alpha value is -1.66. The van der Waals surface area contributed by atoms with Gasteiger partial charge in [-0.2, -0.15) is 0 Å². The van der Waals surface area contributed by atoms with Crippen molar-refractivity contribution in [2.45, 2.75) is 302 Å². The normalized spacial score (nSPS) is 12.8. The minimum absolute atomic E-state index is 0.00361. The number of hydrogen-bond acceptors (Lipinski definition) is 5. The SMILES string of the molecule is CCC/C=C\C/C=C\CCCCCCCC(=O)OCCCCCCCCCCCCCCCCCCCCCCCC(=O)NC(CO)C(O)CCCCCCCCCCCC. The van der Waals surface area contributed by atoms with Crippen molar-refractivity contribution in [1.29, 1.82) is 0 Å². The third-order valence-electron chi connectivity index (χ3n) is 12.5. The average molecular weight is 860 g/mol. The number of hydrogen-bond donors (Lipinski definition) is 3. The van der Waals surface area contributed by atoms with Crippen LogP contribution in [0, 0.1) is 0 Å². The van der Waals surface area contributed by atoms with E-state index in [4.69, 9.17) is 4.74 Å². The van der Waals surface area contributed by atoms with Crippen molar-refractivity contribution in [3.05, 3.63) is 24.3 Å². The first-order chi connectivity index (χ1) is 30.0. The topological polar surface area (TPSA) is 95.9 Å². The Balaban J connectivity index is 3.37. The second-order valence-electron chi connectivity index (χ2n) is 18.6. The summed E-state index contributed by atoms with van der Waals surface area (Å²) in [6.45, 7) is 4.87. The zero-order valence-electron chi connectivity index (χ0n) is 40.9. The molecule has 6 heteroatoms. The van der Waals surface area contributed by atoms with Gasteiger partial charge < -0.3 is 20.3 Å². The molecule has 0 spiro atoms. The van der Waals surface area contributed by atoms with Crippen molar-refractivity contribution < 1.29 is 24.5 Å². The number of allylic oxidation sites excluding steroid dienone is 4. The molecule has 0 aromatic rings. The van der Waals surface area contributed by atoms with Crippen molar-refractivity contribution in [2.24, 2.45) is 0 Å². The van der Waals surface area contributed by atoms with Crippen LogP contribution in [0.3, 0.4) is 0 Å². The predicted molar refractivity (Wildman–Crippen MR) is 264 cm³/mol. The van der Waals surface area contributed by atoms with Crippen molar-refractivity contribution in [3.8, 4) is 0 Å². The summed E-state index contributed by atoms with van der Waals surface area (Å²) in [6.07, 6.45) is 60.2. The van der Waals surface area contributed by atoms with Crippen LogP contribution in [0.5, 0.6) is 0 Å². The zero-order chi connectivity index (χ0) is 44.4. The lowest BCUT2D eigenvalue weighted by Crippen LogP contribution is -2.45. The molecule has 0 aromatic heterocycles. The standard InChI is InChI=1S/C55H105NO5/c1-3-5-7-9-11-13-15-25-29-33-37-41-45-49-55(60)61-50-46-42-38-34-30-27-24-22-20-18-16-17-19-21-23-26-28-32-36-40-44-48-54(59)56-52(51-57)53(58)47-43-39-35-31-14-12-10-8-6-4-2/h7,9,13,15,52-53,57-58H,3-6,8,10-12,14,16-51H2,1-2H3,(H,56,59)/b9-7-,15-13-. The van der Waals surface area contributed by atoms with E-state index >= 15 is 0 Å². The van der Waals surface area contributed by atoms with Crippen LogP contribution in [-0.2, 0) is 14.3 Å². The number of unbranched alkanes of at least 4 members (excludes halogenated alkanes) is 35. The van der Waals surface area contributed by atoms with Gasteiger partial charge in [-0.3, -0.25) is 9.59 Å². The number of aliphatic hydroxyl groups is 2. The molecule has 6 nitrogen and oxygen atoms in total. The maximum atomic E-state index is 12.4. The van der Waals surface area contributed by atoms with Gasteiger partial charge in [0.25, 0.3) is 0 Å². The molecule has 360 valence electrons. The molecule has 0 saturated carbocycles. The smallest absolute Gasteiger partial charge is 0.305 e. The molecule has 0 heterocycles. The number of aliphatic hydroxyl groups excluding tert-OH is 2. The Morgan fingerprint density at radius 1 is 0.459 bits per heavy atom. The van der Waals surface area contributed by atoms with Crippen LogP contribution in [0.25, 0.3) is 0 Å². The number of ether oxygens (including phenoxy) is 1. The highest BCUT2D eigenvalue weighted by atomic mass is 16.5. The Bertz CT molecular complexity index is 951. The summed E-state index contributed by atoms with van der Waals surface area (Å²) in [6, 6.07) is -0.540. The van der Waals surface area contributed by atoms with Crippen molar-refractivity contribution in [3.63, 3.8) is 0 Å². The molecule has 0 bridgehead atoms. The summed E-state index contributed by atoms with van der Waals surface area (Å²) >= 11 is 0. The van der Waals surface area contributed by atoms with Gasteiger partial charge in [0, 0.05) is 12.8 Å². The Labute approximate surface area is 380 Å². The number of nitrogens with one attached hydrogen (secondary N) is 1. The van der Waals surface area contributed by atoms with Crippen LogP contribution in [0.1, 0.15) is 290 Å². The molecule has 61 heavy (non-hydrogen) atoms. The van der Waals surface area contributed by atoms with E-state index in [0.717, 1.165) is 51.4 Å². The highest BCUT2D eigenvalue weighted by Gasteiger charge is 2.20. The largest absolute Gasteiger partial charge is 0.466 e. The zero-order valence-corrected chi connectivity index (χ0v) is 40.9. The molecule has 0 fully saturated rings. The number of carbonyl (C=O) groups excluding carboxylic acids is 2. The lowest BCUT2D eigenvalue weighted by atomic mass is 10.0. The number of esters is 1. The van der Waals surface area contributed by atoms with Crippen LogP contribution < -0.4 is 5.32 Å². The third kappa shape index (κ3) is 47.7. The van der Waals surface area contributed by atoms with Crippen LogP contribution in [0.4, 0.5) is 0 Å². The van der Waals surface area contributed by atoms with E-state index in [9.17, 15) is 19.8 Å². The summed E-state index contributed by atoms with van der Waals surface area (Å²) < 4.78 is 5.46. The van der Waals surface area contributed by atoms with E-state index in [-0.39, 0.29) is 18.5 Å². The van der Waals surface area contributed by atoms with E-state index in [0.29, 0.717) is 25.9 Å². The van der Waals surface area contributed by atoms with Gasteiger partial charge in [-0.15, -0.1) is 0 Å². The monoisotopic (exact) mass is 860 g/mol. The summed E-state index contributed by atoms with van der Waals surface area (Å²) in [4.78, 5) is 24.4. The molecule has 0 aliphatic carbocycles. The van der Waals surface area contributed by atoms with Crippen LogP contribution >= 0.6 is 0 Å². The molecule has 0 aliphatic heterocycles. The fourth-order valence-corrected chi connectivity index (χ4v) is 8.32. The van der Waals surface area contributed by atoms with Gasteiger partial charge in [0.05, 0.1) is 25.4 Å². The summed E-state index contributed by atoms with van der Waals surface area (Å²) in [5.74, 6) is -0.0413. The number of carbonyl (C=O) groups is 2. The second-order valence-corrected chi connectivity index (χ2v) is 18.6. The van der Waals surface area contributed by atoms with Gasteiger partial charge in [0.1, 0.15) is 0 Å². The summed E-state index contributed by atoms with van der Waals surface area (Å²) in [5.41, 5.74) is 0. The first-order valence-corrected chi connectivity index (χ1v) is 27.1. The quantitative estimate of drug-likeness (QED) is 0.0322. The van der Waals surface area contributed by atoms with Crippen LogP contribution in [-0.4, -0.2) is 47.4 Å². The fourth-order valence-electron chi connectivity index (χ4n) is 8.32. The first-order valence-electron chi connectivity index (χ1n) is 27.1. The molecule has 0 aromatic carbocycles. The van der Waals surface area contributed by atoms with Gasteiger partial charge in [-0.05, 0) is 51.4 Å². The molecule has 0 aliphatic rings. The van der Waals surface area contributed by atoms with Crippen LogP contribution in [0.15, 0.2) is 24.3 Å². The molecular weight excluding hydrogens is 755 g/mol. The molecular formula is C55H105NO5. The minimum atomic E-state index is -0.663. The summed E-state index contributed by atoms with van der Waals surface area (Å²) in [7, 11) is 0. The molecule has 0 radical (unpaired) electrons. The van der Waals surface area contributed by atoms with Crippen molar-refractivity contribution >= 4 is 11.9 Å². The highest BCUT2D eigenvalue weighted by molar-refractivity contribution is 5.76.